The molecular formula is C15H19F3N2O. The molecule has 2 rings (SSSR count). The molecule has 0 saturated heterocycles. The molecule has 0 aromatic heterocycles. The first-order valence-electron chi connectivity index (χ1n) is 7.12. The Morgan fingerprint density at radius 2 is 1.90 bits per heavy atom. The van der Waals surface area contributed by atoms with E-state index in [9.17, 15) is 18.0 Å². The standard InChI is InChI=1S/C15H19F3N2O/c16-15(17,18)13-11(7-4-8-12(13)19)9-20-14(21)10-5-2-1-3-6-10/h4,7-8,10H,1-3,5-6,9,19H2,(H,20,21). The summed E-state index contributed by atoms with van der Waals surface area (Å²) in [5, 5.41) is 2.61. The van der Waals surface area contributed by atoms with Crippen LogP contribution >= 0.6 is 0 Å². The van der Waals surface area contributed by atoms with Crippen LogP contribution in [-0.4, -0.2) is 5.91 Å². The van der Waals surface area contributed by atoms with Crippen LogP contribution in [0.1, 0.15) is 43.2 Å². The Labute approximate surface area is 121 Å². The predicted octanol–water partition coefficient (Wildman–Crippen LogP) is 3.48. The van der Waals surface area contributed by atoms with E-state index in [-0.39, 0.29) is 29.6 Å². The van der Waals surface area contributed by atoms with Gasteiger partial charge in [0.05, 0.1) is 5.56 Å². The highest BCUT2D eigenvalue weighted by Gasteiger charge is 2.35. The van der Waals surface area contributed by atoms with Crippen molar-refractivity contribution >= 4 is 11.6 Å². The molecule has 0 radical (unpaired) electrons. The molecule has 6 heteroatoms. The SMILES string of the molecule is Nc1cccc(CNC(=O)C2CCCCC2)c1C(F)(F)F. The zero-order chi connectivity index (χ0) is 15.5. The van der Waals surface area contributed by atoms with Gasteiger partial charge in [-0.1, -0.05) is 31.4 Å². The van der Waals surface area contributed by atoms with Gasteiger partial charge in [0.25, 0.3) is 0 Å². The third-order valence-corrected chi connectivity index (χ3v) is 3.90. The first-order chi connectivity index (χ1) is 9.89. The minimum Gasteiger partial charge on any atom is -0.398 e. The van der Waals surface area contributed by atoms with Gasteiger partial charge in [-0.15, -0.1) is 0 Å². The summed E-state index contributed by atoms with van der Waals surface area (Å²) in [5.41, 5.74) is 4.26. The highest BCUT2D eigenvalue weighted by Crippen LogP contribution is 2.36. The van der Waals surface area contributed by atoms with Crippen molar-refractivity contribution in [2.45, 2.75) is 44.8 Å². The molecule has 1 aromatic carbocycles. The topological polar surface area (TPSA) is 55.1 Å². The van der Waals surface area contributed by atoms with Crippen molar-refractivity contribution in [1.82, 2.24) is 5.32 Å². The number of halogens is 3. The van der Waals surface area contributed by atoms with Gasteiger partial charge in [-0.3, -0.25) is 4.79 Å². The minimum absolute atomic E-state index is 0.00617. The molecule has 0 heterocycles. The number of amides is 1. The fourth-order valence-corrected chi connectivity index (χ4v) is 2.80. The smallest absolute Gasteiger partial charge is 0.398 e. The highest BCUT2D eigenvalue weighted by molar-refractivity contribution is 5.78. The van der Waals surface area contributed by atoms with Gasteiger partial charge in [0.15, 0.2) is 0 Å². The van der Waals surface area contributed by atoms with E-state index in [4.69, 9.17) is 5.73 Å². The molecule has 0 bridgehead atoms. The average Bonchev–Trinajstić information content (AvgIpc) is 2.44. The van der Waals surface area contributed by atoms with Gasteiger partial charge in [0.1, 0.15) is 0 Å². The average molecular weight is 300 g/mol. The number of nitrogens with one attached hydrogen (secondary N) is 1. The summed E-state index contributed by atoms with van der Waals surface area (Å²) in [6.45, 7) is -0.144. The van der Waals surface area contributed by atoms with Crippen molar-refractivity contribution < 1.29 is 18.0 Å². The Bertz CT molecular complexity index is 508. The van der Waals surface area contributed by atoms with Crippen LogP contribution in [-0.2, 0) is 17.5 Å². The van der Waals surface area contributed by atoms with Crippen molar-refractivity contribution in [1.29, 1.82) is 0 Å². The van der Waals surface area contributed by atoms with Gasteiger partial charge in [-0.05, 0) is 24.5 Å². The van der Waals surface area contributed by atoms with Gasteiger partial charge >= 0.3 is 6.18 Å². The molecule has 0 atom stereocenters. The van der Waals surface area contributed by atoms with E-state index in [0.717, 1.165) is 32.1 Å². The molecule has 3 nitrogen and oxygen atoms in total. The lowest BCUT2D eigenvalue weighted by molar-refractivity contribution is -0.138. The van der Waals surface area contributed by atoms with Crippen LogP contribution in [0.3, 0.4) is 0 Å². The summed E-state index contributed by atoms with van der Waals surface area (Å²) < 4.78 is 39.0. The first kappa shape index (κ1) is 15.7. The Hall–Kier alpha value is -1.72. The molecule has 116 valence electrons. The number of carbonyl (C=O) groups excluding carboxylic acids is 1. The van der Waals surface area contributed by atoms with E-state index < -0.39 is 11.7 Å². The first-order valence-corrected chi connectivity index (χ1v) is 7.12. The summed E-state index contributed by atoms with van der Waals surface area (Å²) >= 11 is 0. The zero-order valence-corrected chi connectivity index (χ0v) is 11.7. The highest BCUT2D eigenvalue weighted by atomic mass is 19.4. The molecule has 3 N–H and O–H groups in total. The van der Waals surface area contributed by atoms with E-state index >= 15 is 0 Å². The second kappa shape index (κ2) is 6.37. The number of hydrogen-bond donors (Lipinski definition) is 2. The number of nitrogens with two attached hydrogens (primary N) is 1. The quantitative estimate of drug-likeness (QED) is 0.840. The molecule has 1 saturated carbocycles. The molecule has 1 fully saturated rings. The number of nitrogen functional groups attached to an aromatic ring is 1. The predicted molar refractivity (Wildman–Crippen MR) is 74.3 cm³/mol. The number of carbonyl (C=O) groups is 1. The molecule has 0 spiro atoms. The lowest BCUT2D eigenvalue weighted by Gasteiger charge is -2.21. The normalized spacial score (nSPS) is 16.7. The number of hydrogen-bond acceptors (Lipinski definition) is 2. The molecule has 1 aliphatic carbocycles. The maximum atomic E-state index is 13.0. The van der Waals surface area contributed by atoms with Crippen LogP contribution in [0.2, 0.25) is 0 Å². The maximum Gasteiger partial charge on any atom is 0.418 e. The lowest BCUT2D eigenvalue weighted by Crippen LogP contribution is -2.32. The summed E-state index contributed by atoms with van der Waals surface area (Å²) in [7, 11) is 0. The fraction of sp³-hybridized carbons (Fsp3) is 0.533. The summed E-state index contributed by atoms with van der Waals surface area (Å²) in [5.74, 6) is -0.237. The van der Waals surface area contributed by atoms with Crippen LogP contribution in [0.15, 0.2) is 18.2 Å². The number of rotatable bonds is 3. The van der Waals surface area contributed by atoms with E-state index in [1.807, 2.05) is 0 Å². The molecule has 0 aliphatic heterocycles. The third kappa shape index (κ3) is 3.89. The Morgan fingerprint density at radius 3 is 2.52 bits per heavy atom. The second-order valence-corrected chi connectivity index (χ2v) is 5.43. The molecule has 1 aromatic rings. The van der Waals surface area contributed by atoms with Crippen molar-refractivity contribution in [3.05, 3.63) is 29.3 Å². The maximum absolute atomic E-state index is 13.0. The summed E-state index contributed by atoms with van der Waals surface area (Å²) in [4.78, 5) is 12.0. The van der Waals surface area contributed by atoms with Gasteiger partial charge in [-0.2, -0.15) is 13.2 Å². The summed E-state index contributed by atoms with van der Waals surface area (Å²) in [6, 6.07) is 4.03. The van der Waals surface area contributed by atoms with Crippen molar-refractivity contribution in [3.8, 4) is 0 Å². The van der Waals surface area contributed by atoms with E-state index in [1.165, 1.54) is 18.2 Å². The van der Waals surface area contributed by atoms with E-state index in [2.05, 4.69) is 5.32 Å². The lowest BCUT2D eigenvalue weighted by atomic mass is 9.88. The number of anilines is 1. The number of benzene rings is 1. The number of alkyl halides is 3. The van der Waals surface area contributed by atoms with Crippen LogP contribution < -0.4 is 11.1 Å². The fourth-order valence-electron chi connectivity index (χ4n) is 2.80. The Kier molecular flexibility index (Phi) is 4.75. The molecule has 1 amide bonds. The molecule has 1 aliphatic rings. The van der Waals surface area contributed by atoms with Crippen LogP contribution in [0.5, 0.6) is 0 Å². The van der Waals surface area contributed by atoms with Crippen molar-refractivity contribution in [2.24, 2.45) is 5.92 Å². The molecule has 21 heavy (non-hydrogen) atoms. The molecular weight excluding hydrogens is 281 g/mol. The summed E-state index contributed by atoms with van der Waals surface area (Å²) in [6.07, 6.45) is 0.242. The molecule has 0 unspecified atom stereocenters. The van der Waals surface area contributed by atoms with E-state index in [1.54, 1.807) is 0 Å². The van der Waals surface area contributed by atoms with Gasteiger partial charge < -0.3 is 11.1 Å². The monoisotopic (exact) mass is 300 g/mol. The van der Waals surface area contributed by atoms with Crippen LogP contribution in [0.4, 0.5) is 18.9 Å². The van der Waals surface area contributed by atoms with Gasteiger partial charge in [-0.25, -0.2) is 0 Å². The Morgan fingerprint density at radius 1 is 1.24 bits per heavy atom. The van der Waals surface area contributed by atoms with Crippen LogP contribution in [0.25, 0.3) is 0 Å². The second-order valence-electron chi connectivity index (χ2n) is 5.43. The zero-order valence-electron chi connectivity index (χ0n) is 11.7. The van der Waals surface area contributed by atoms with Crippen molar-refractivity contribution in [3.63, 3.8) is 0 Å². The van der Waals surface area contributed by atoms with Crippen LogP contribution in [0, 0.1) is 5.92 Å². The largest absolute Gasteiger partial charge is 0.418 e. The van der Waals surface area contributed by atoms with Gasteiger partial charge in [0.2, 0.25) is 5.91 Å². The van der Waals surface area contributed by atoms with E-state index in [0.29, 0.717) is 0 Å². The Balaban J connectivity index is 2.06. The third-order valence-electron chi connectivity index (χ3n) is 3.90. The van der Waals surface area contributed by atoms with Gasteiger partial charge in [0, 0.05) is 18.2 Å². The minimum atomic E-state index is -4.52. The van der Waals surface area contributed by atoms with Crippen molar-refractivity contribution in [2.75, 3.05) is 5.73 Å².